The molecule has 0 fully saturated rings. The van der Waals surface area contributed by atoms with Gasteiger partial charge >= 0.3 is 0 Å². The predicted octanol–water partition coefficient (Wildman–Crippen LogP) is 9.62. The number of thioether (sulfide) groups is 2. The second-order valence-corrected chi connectivity index (χ2v) is 14.4. The maximum atomic E-state index is 11.3. The van der Waals surface area contributed by atoms with E-state index in [1.54, 1.807) is 37.7 Å². The number of methoxy groups -OCH3 is 2. The molecule has 0 bridgehead atoms. The van der Waals surface area contributed by atoms with Crippen molar-refractivity contribution in [3.63, 3.8) is 0 Å². The molecule has 0 aromatic heterocycles. The molecule has 0 amide bonds. The first kappa shape index (κ1) is 29.9. The molecule has 0 saturated carbocycles. The van der Waals surface area contributed by atoms with E-state index in [0.717, 1.165) is 84.4 Å². The van der Waals surface area contributed by atoms with Crippen LogP contribution < -0.4 is 18.9 Å². The van der Waals surface area contributed by atoms with Crippen molar-refractivity contribution in [3.8, 4) is 34.5 Å². The lowest BCUT2D eigenvalue weighted by atomic mass is 9.90. The summed E-state index contributed by atoms with van der Waals surface area (Å²) in [5, 5.41) is 26.7. The monoisotopic (exact) mass is 620 g/mol. The Bertz CT molecular complexity index is 1620. The Morgan fingerprint density at radius 3 is 1.44 bits per heavy atom. The van der Waals surface area contributed by atoms with Gasteiger partial charge in [0, 0.05) is 21.9 Å². The van der Waals surface area contributed by atoms with Gasteiger partial charge in [0.2, 0.25) is 0 Å². The Labute approximate surface area is 262 Å². The normalized spacial score (nSPS) is 16.9. The molecule has 2 N–H and O–H groups in total. The Morgan fingerprint density at radius 2 is 1.09 bits per heavy atom. The number of ether oxygens (including phenoxy) is 4. The van der Waals surface area contributed by atoms with Crippen LogP contribution in [0.4, 0.5) is 0 Å². The highest BCUT2D eigenvalue weighted by molar-refractivity contribution is 8.00. The van der Waals surface area contributed by atoms with E-state index in [-0.39, 0.29) is 34.2 Å². The number of aromatic hydroxyl groups is 2. The van der Waals surface area contributed by atoms with Gasteiger partial charge in [-0.25, -0.2) is 0 Å². The highest BCUT2D eigenvalue weighted by atomic mass is 32.2. The zero-order chi connectivity index (χ0) is 30.7. The van der Waals surface area contributed by atoms with Gasteiger partial charge in [-0.05, 0) is 77.6 Å². The maximum Gasteiger partial charge on any atom is 0.174 e. The van der Waals surface area contributed by atoms with E-state index in [1.807, 2.05) is 0 Å². The van der Waals surface area contributed by atoms with E-state index < -0.39 is 0 Å². The van der Waals surface area contributed by atoms with Crippen molar-refractivity contribution in [1.82, 2.24) is 0 Å². The largest absolute Gasteiger partial charge is 0.504 e. The van der Waals surface area contributed by atoms with Crippen molar-refractivity contribution in [1.29, 1.82) is 0 Å². The van der Waals surface area contributed by atoms with Gasteiger partial charge in [0.05, 0.1) is 25.3 Å². The molecule has 0 aliphatic carbocycles. The number of phenolic OH excluding ortho intramolecular Hbond substituents is 2. The summed E-state index contributed by atoms with van der Waals surface area (Å²) in [6, 6.07) is 8.44. The molecule has 2 aliphatic heterocycles. The standard InChI is InChI=1S/C35H40O6S2/c1-16(2)24-20-12-18(5)14-22-26(20)28(32(38-7)30(24)36)34(40-22)42-10-9-11-43-35-29-27-21(13-19(6)15-23(27)41-35)25(17(3)4)31(37)33(29)39-8/h12-17,34-37H,9-11H2,1-8H3. The molecule has 43 heavy (non-hydrogen) atoms. The molecule has 2 unspecified atom stereocenters. The highest BCUT2D eigenvalue weighted by Gasteiger charge is 2.36. The summed E-state index contributed by atoms with van der Waals surface area (Å²) in [6.07, 6.45) is 0.919. The van der Waals surface area contributed by atoms with Crippen LogP contribution >= 0.6 is 23.5 Å². The molecule has 2 heterocycles. The fourth-order valence-corrected chi connectivity index (χ4v) is 9.07. The second kappa shape index (κ2) is 11.4. The van der Waals surface area contributed by atoms with Crippen molar-refractivity contribution < 1.29 is 29.2 Å². The Morgan fingerprint density at radius 1 is 0.698 bits per heavy atom. The fraction of sp³-hybridized carbons (Fsp3) is 0.429. The fourth-order valence-electron chi connectivity index (χ4n) is 6.71. The number of rotatable bonds is 10. The Kier molecular flexibility index (Phi) is 7.96. The smallest absolute Gasteiger partial charge is 0.174 e. The van der Waals surface area contributed by atoms with Crippen LogP contribution in [0.15, 0.2) is 24.3 Å². The number of benzene rings is 4. The van der Waals surface area contributed by atoms with Crippen molar-refractivity contribution in [2.24, 2.45) is 0 Å². The minimum absolute atomic E-state index is 0.137. The minimum Gasteiger partial charge on any atom is -0.504 e. The van der Waals surface area contributed by atoms with Gasteiger partial charge in [-0.15, -0.1) is 23.5 Å². The SMILES string of the molecule is COc1c(O)c(C(C)C)c2cc(C)cc3c2c1C(SCCCSC1Oc2cc(C)cc4c(C(C)C)c(O)c(OC)c1c24)O3. The summed E-state index contributed by atoms with van der Waals surface area (Å²) in [5.74, 6) is 5.13. The van der Waals surface area contributed by atoms with Gasteiger partial charge in [0.25, 0.3) is 0 Å². The summed E-state index contributed by atoms with van der Waals surface area (Å²) < 4.78 is 24.5. The van der Waals surface area contributed by atoms with E-state index >= 15 is 0 Å². The van der Waals surface area contributed by atoms with Gasteiger partial charge in [-0.3, -0.25) is 0 Å². The molecule has 4 aromatic carbocycles. The van der Waals surface area contributed by atoms with Crippen LogP contribution in [0, 0.1) is 13.8 Å². The van der Waals surface area contributed by atoms with Gasteiger partial charge in [0.1, 0.15) is 11.5 Å². The Hall–Kier alpha value is -3.10. The predicted molar refractivity (Wildman–Crippen MR) is 178 cm³/mol. The summed E-state index contributed by atoms with van der Waals surface area (Å²) in [5.41, 5.74) is 5.32. The summed E-state index contributed by atoms with van der Waals surface area (Å²) in [6.45, 7) is 12.5. The third kappa shape index (κ3) is 4.81. The van der Waals surface area contributed by atoms with E-state index in [0.29, 0.717) is 11.5 Å². The van der Waals surface area contributed by atoms with Crippen LogP contribution in [0.3, 0.4) is 0 Å². The van der Waals surface area contributed by atoms with Crippen molar-refractivity contribution in [2.75, 3.05) is 25.7 Å². The molecular weight excluding hydrogens is 581 g/mol. The molecule has 6 rings (SSSR count). The summed E-state index contributed by atoms with van der Waals surface area (Å²) in [4.78, 5) is 0. The third-order valence-electron chi connectivity index (χ3n) is 8.37. The van der Waals surface area contributed by atoms with Crippen LogP contribution in [-0.2, 0) is 0 Å². The number of hydrogen-bond donors (Lipinski definition) is 2. The first-order valence-corrected chi connectivity index (χ1v) is 17.0. The second-order valence-electron chi connectivity index (χ2n) is 12.1. The van der Waals surface area contributed by atoms with E-state index in [4.69, 9.17) is 18.9 Å². The molecule has 4 aromatic rings. The summed E-state index contributed by atoms with van der Waals surface area (Å²) >= 11 is 3.44. The minimum atomic E-state index is -0.262. The topological polar surface area (TPSA) is 77.4 Å². The van der Waals surface area contributed by atoms with Crippen LogP contribution in [0.25, 0.3) is 21.5 Å². The molecular formula is C35H40O6S2. The van der Waals surface area contributed by atoms with Crippen molar-refractivity contribution >= 4 is 45.1 Å². The molecule has 2 atom stereocenters. The zero-order valence-electron chi connectivity index (χ0n) is 26.1. The van der Waals surface area contributed by atoms with Gasteiger partial charge in [0.15, 0.2) is 33.9 Å². The third-order valence-corrected chi connectivity index (χ3v) is 10.7. The Balaban J connectivity index is 1.20. The average Bonchev–Trinajstić information content (AvgIpc) is 3.47. The molecule has 8 heteroatoms. The molecule has 2 aliphatic rings. The number of aryl methyl sites for hydroxylation is 2. The van der Waals surface area contributed by atoms with E-state index in [2.05, 4.69) is 65.8 Å². The van der Waals surface area contributed by atoms with Crippen molar-refractivity contribution in [2.45, 2.75) is 70.7 Å². The lowest BCUT2D eigenvalue weighted by Crippen LogP contribution is -2.04. The lowest BCUT2D eigenvalue weighted by molar-refractivity contribution is 0.302. The molecule has 6 nitrogen and oxygen atoms in total. The van der Waals surface area contributed by atoms with E-state index in [9.17, 15) is 10.2 Å². The number of phenols is 2. The molecule has 0 saturated heterocycles. The van der Waals surface area contributed by atoms with Gasteiger partial charge in [-0.1, -0.05) is 39.8 Å². The highest BCUT2D eigenvalue weighted by Crippen LogP contribution is 2.58. The summed E-state index contributed by atoms with van der Waals surface area (Å²) in [7, 11) is 3.23. The van der Waals surface area contributed by atoms with E-state index in [1.165, 1.54) is 0 Å². The first-order valence-electron chi connectivity index (χ1n) is 14.9. The maximum absolute atomic E-state index is 11.3. The van der Waals surface area contributed by atoms with Crippen LogP contribution in [-0.4, -0.2) is 35.9 Å². The lowest BCUT2D eigenvalue weighted by Gasteiger charge is -2.20. The van der Waals surface area contributed by atoms with Crippen LogP contribution in [0.1, 0.15) is 90.2 Å². The van der Waals surface area contributed by atoms with Crippen LogP contribution in [0.5, 0.6) is 34.5 Å². The molecule has 0 spiro atoms. The molecule has 228 valence electrons. The quantitative estimate of drug-likeness (QED) is 0.170. The first-order chi connectivity index (χ1) is 20.6. The van der Waals surface area contributed by atoms with Crippen molar-refractivity contribution in [3.05, 3.63) is 57.6 Å². The zero-order valence-corrected chi connectivity index (χ0v) is 27.7. The average molecular weight is 621 g/mol. The van der Waals surface area contributed by atoms with Gasteiger partial charge in [-0.2, -0.15) is 0 Å². The van der Waals surface area contributed by atoms with Crippen LogP contribution in [0.2, 0.25) is 0 Å². The van der Waals surface area contributed by atoms with Gasteiger partial charge < -0.3 is 29.2 Å². The number of hydrogen-bond acceptors (Lipinski definition) is 8. The molecule has 0 radical (unpaired) electrons.